The van der Waals surface area contributed by atoms with Crippen molar-refractivity contribution in [2.75, 3.05) is 6.54 Å². The fourth-order valence-corrected chi connectivity index (χ4v) is 4.78. The molecule has 37 heavy (non-hydrogen) atoms. The van der Waals surface area contributed by atoms with E-state index in [4.69, 9.17) is 4.98 Å². The number of rotatable bonds is 7. The van der Waals surface area contributed by atoms with Gasteiger partial charge in [0.2, 0.25) is 0 Å². The Hall–Kier alpha value is -3.72. The van der Waals surface area contributed by atoms with Crippen molar-refractivity contribution in [1.29, 1.82) is 0 Å². The number of carboxylic acids is 1. The van der Waals surface area contributed by atoms with E-state index in [0.29, 0.717) is 27.7 Å². The van der Waals surface area contributed by atoms with Crippen molar-refractivity contribution < 1.29 is 27.9 Å². The summed E-state index contributed by atoms with van der Waals surface area (Å²) >= 11 is 3.42. The van der Waals surface area contributed by atoms with E-state index in [0.717, 1.165) is 16.1 Å². The summed E-state index contributed by atoms with van der Waals surface area (Å²) in [6.07, 6.45) is -5.24. The van der Waals surface area contributed by atoms with Gasteiger partial charge < -0.3 is 10.4 Å². The van der Waals surface area contributed by atoms with E-state index in [1.807, 2.05) is 30.3 Å². The number of nitrogens with zero attached hydrogens (tertiary/aromatic N) is 1. The monoisotopic (exact) mass is 570 g/mol. The quantitative estimate of drug-likeness (QED) is 0.251. The molecule has 5 nitrogen and oxygen atoms in total. The molecule has 1 aromatic heterocycles. The lowest BCUT2D eigenvalue weighted by Crippen LogP contribution is -2.31. The summed E-state index contributed by atoms with van der Waals surface area (Å²) in [6.45, 7) is 1.47. The van der Waals surface area contributed by atoms with Gasteiger partial charge in [-0.05, 0) is 42.3 Å². The van der Waals surface area contributed by atoms with Gasteiger partial charge in [-0.25, -0.2) is 4.98 Å². The number of nitrogens with one attached hydrogen (secondary N) is 1. The number of aromatic nitrogens is 1. The summed E-state index contributed by atoms with van der Waals surface area (Å²) in [6, 6.07) is 19.5. The third-order valence-corrected chi connectivity index (χ3v) is 6.59. The van der Waals surface area contributed by atoms with Crippen molar-refractivity contribution in [3.63, 3.8) is 0 Å². The van der Waals surface area contributed by atoms with Gasteiger partial charge in [0, 0.05) is 27.9 Å². The van der Waals surface area contributed by atoms with Gasteiger partial charge in [0.15, 0.2) is 0 Å². The number of carbonyl (C=O) groups excluding carboxylic acids is 1. The van der Waals surface area contributed by atoms with Crippen LogP contribution in [0.4, 0.5) is 13.2 Å². The lowest BCUT2D eigenvalue weighted by atomic mass is 9.90. The lowest BCUT2D eigenvalue weighted by Gasteiger charge is -2.22. The highest BCUT2D eigenvalue weighted by molar-refractivity contribution is 9.10. The van der Waals surface area contributed by atoms with E-state index in [9.17, 15) is 27.9 Å². The van der Waals surface area contributed by atoms with Crippen molar-refractivity contribution in [3.8, 4) is 11.3 Å². The number of fused-ring (bicyclic) bond motifs is 1. The van der Waals surface area contributed by atoms with E-state index in [-0.39, 0.29) is 12.1 Å². The molecule has 190 valence electrons. The Balaban J connectivity index is 1.75. The number of hydrogen-bond donors (Lipinski definition) is 2. The number of halogens is 4. The Morgan fingerprint density at radius 3 is 2.38 bits per heavy atom. The van der Waals surface area contributed by atoms with Gasteiger partial charge in [-0.15, -0.1) is 0 Å². The molecule has 0 aliphatic rings. The molecule has 4 aromatic rings. The highest BCUT2D eigenvalue weighted by Gasteiger charge is 2.35. The molecule has 3 aromatic carbocycles. The molecule has 0 saturated heterocycles. The fraction of sp³-hybridized carbons (Fsp3) is 0.179. The molecular weight excluding hydrogens is 549 g/mol. The van der Waals surface area contributed by atoms with Crippen LogP contribution in [0.3, 0.4) is 0 Å². The zero-order valence-electron chi connectivity index (χ0n) is 19.6. The fourth-order valence-electron chi connectivity index (χ4n) is 4.42. The van der Waals surface area contributed by atoms with Gasteiger partial charge in [0.1, 0.15) is 0 Å². The third-order valence-electron chi connectivity index (χ3n) is 6.10. The largest absolute Gasteiger partial charge is 0.481 e. The minimum atomic E-state index is -4.66. The highest BCUT2D eigenvalue weighted by atomic mass is 79.9. The average molecular weight is 571 g/mol. The van der Waals surface area contributed by atoms with Crippen molar-refractivity contribution in [2.24, 2.45) is 0 Å². The molecule has 0 aliphatic carbocycles. The molecule has 0 aliphatic heterocycles. The maximum atomic E-state index is 13.6. The summed E-state index contributed by atoms with van der Waals surface area (Å²) in [5.41, 5.74) is 1.80. The van der Waals surface area contributed by atoms with Crippen LogP contribution in [0, 0.1) is 6.92 Å². The molecule has 0 bridgehead atoms. The minimum absolute atomic E-state index is 0.179. The number of carbonyl (C=O) groups is 2. The summed E-state index contributed by atoms with van der Waals surface area (Å²) in [4.78, 5) is 29.8. The Morgan fingerprint density at radius 1 is 1.03 bits per heavy atom. The minimum Gasteiger partial charge on any atom is -0.481 e. The zero-order valence-corrected chi connectivity index (χ0v) is 21.2. The molecule has 0 spiro atoms. The summed E-state index contributed by atoms with van der Waals surface area (Å²) in [5.74, 6) is -2.88. The summed E-state index contributed by atoms with van der Waals surface area (Å²) in [5, 5.41) is 12.7. The van der Waals surface area contributed by atoms with Crippen LogP contribution in [-0.2, 0) is 11.0 Å². The first-order valence-corrected chi connectivity index (χ1v) is 12.2. The maximum Gasteiger partial charge on any atom is 0.416 e. The second kappa shape index (κ2) is 10.7. The number of aliphatic carboxylic acids is 1. The van der Waals surface area contributed by atoms with E-state index in [1.165, 1.54) is 18.2 Å². The van der Waals surface area contributed by atoms with Crippen molar-refractivity contribution in [1.82, 2.24) is 10.3 Å². The van der Waals surface area contributed by atoms with Crippen molar-refractivity contribution in [3.05, 3.63) is 99.5 Å². The van der Waals surface area contributed by atoms with Crippen LogP contribution in [0.2, 0.25) is 0 Å². The van der Waals surface area contributed by atoms with Crippen LogP contribution in [0.25, 0.3) is 22.2 Å². The van der Waals surface area contributed by atoms with Crippen molar-refractivity contribution >= 4 is 38.7 Å². The Bertz CT molecular complexity index is 1470. The maximum absolute atomic E-state index is 13.6. The molecular formula is C28H22BrF3N2O3. The summed E-state index contributed by atoms with van der Waals surface area (Å²) < 4.78 is 41.6. The van der Waals surface area contributed by atoms with Gasteiger partial charge >= 0.3 is 12.1 Å². The highest BCUT2D eigenvalue weighted by Crippen LogP contribution is 2.36. The topological polar surface area (TPSA) is 79.3 Å². The summed E-state index contributed by atoms with van der Waals surface area (Å²) in [7, 11) is 0. The second-order valence-corrected chi connectivity index (χ2v) is 9.49. The molecule has 0 fully saturated rings. The molecule has 0 unspecified atom stereocenters. The van der Waals surface area contributed by atoms with Crippen LogP contribution in [0.1, 0.15) is 39.4 Å². The molecule has 4 rings (SSSR count). The standard InChI is InChI=1S/C28H22BrF3N2O3/c1-16-25(21-14-19(29)11-12-23(21)34-26(16)17-7-3-2-4-8-17)27(37)33-15-18(13-24(35)36)20-9-5-6-10-22(20)28(30,31)32/h2-12,14,18H,13,15H2,1H3,(H,33,37)(H,35,36)/t18-/m1/s1. The molecule has 1 atom stereocenters. The molecule has 9 heteroatoms. The van der Waals surface area contributed by atoms with Gasteiger partial charge in [0.05, 0.1) is 28.8 Å². The Morgan fingerprint density at radius 2 is 1.70 bits per heavy atom. The average Bonchev–Trinajstić information content (AvgIpc) is 2.86. The molecule has 2 N–H and O–H groups in total. The van der Waals surface area contributed by atoms with Crippen LogP contribution in [0.15, 0.2) is 77.3 Å². The van der Waals surface area contributed by atoms with E-state index >= 15 is 0 Å². The van der Waals surface area contributed by atoms with E-state index in [1.54, 1.807) is 25.1 Å². The van der Waals surface area contributed by atoms with Crippen LogP contribution < -0.4 is 5.32 Å². The first-order valence-electron chi connectivity index (χ1n) is 11.4. The SMILES string of the molecule is Cc1c(-c2ccccc2)nc2ccc(Br)cc2c1C(=O)NC[C@@H](CC(=O)O)c1ccccc1C(F)(F)F. The first kappa shape index (κ1) is 26.3. The number of pyridine rings is 1. The number of carboxylic acid groups (broad SMARTS) is 1. The van der Waals surface area contributed by atoms with Crippen molar-refractivity contribution in [2.45, 2.75) is 25.4 Å². The van der Waals surface area contributed by atoms with Gasteiger partial charge in [-0.3, -0.25) is 9.59 Å². The number of hydrogen-bond acceptors (Lipinski definition) is 3. The first-order chi connectivity index (χ1) is 17.6. The Kier molecular flexibility index (Phi) is 7.63. The lowest BCUT2D eigenvalue weighted by molar-refractivity contribution is -0.140. The van der Waals surface area contributed by atoms with Gasteiger partial charge in [0.25, 0.3) is 5.91 Å². The number of alkyl halides is 3. The van der Waals surface area contributed by atoms with E-state index < -0.39 is 36.0 Å². The smallest absolute Gasteiger partial charge is 0.416 e. The Labute approximate surface area is 219 Å². The van der Waals surface area contributed by atoms with Gasteiger partial charge in [-0.1, -0.05) is 64.5 Å². The molecule has 0 radical (unpaired) electrons. The molecule has 1 heterocycles. The van der Waals surface area contributed by atoms with Crippen LogP contribution in [-0.4, -0.2) is 28.5 Å². The van der Waals surface area contributed by atoms with E-state index in [2.05, 4.69) is 21.2 Å². The zero-order chi connectivity index (χ0) is 26.7. The molecule has 0 saturated carbocycles. The number of benzene rings is 3. The molecule has 1 amide bonds. The predicted octanol–water partition coefficient (Wildman–Crippen LogP) is 6.98. The van der Waals surface area contributed by atoms with Crippen LogP contribution in [0.5, 0.6) is 0 Å². The van der Waals surface area contributed by atoms with Crippen LogP contribution >= 0.6 is 15.9 Å². The predicted molar refractivity (Wildman–Crippen MR) is 138 cm³/mol. The third kappa shape index (κ3) is 5.83. The second-order valence-electron chi connectivity index (χ2n) is 8.58. The van der Waals surface area contributed by atoms with Gasteiger partial charge in [-0.2, -0.15) is 13.2 Å². The number of amides is 1. The normalized spacial score (nSPS) is 12.4.